The molecular weight excluding hydrogens is 334 g/mol. The maximum atomic E-state index is 9.72. The summed E-state index contributed by atoms with van der Waals surface area (Å²) in [5, 5.41) is 12.6. The van der Waals surface area contributed by atoms with E-state index in [1.165, 1.54) is 0 Å². The third-order valence-corrected chi connectivity index (χ3v) is 5.09. The molecular formula is C23H16N3O+. The highest BCUT2D eigenvalue weighted by molar-refractivity contribution is 6.13. The zero-order chi connectivity index (χ0) is 18.5. The van der Waals surface area contributed by atoms with Crippen LogP contribution in [0.15, 0.2) is 65.3 Å². The van der Waals surface area contributed by atoms with Gasteiger partial charge in [-0.05, 0) is 41.7 Å². The van der Waals surface area contributed by atoms with E-state index in [4.69, 9.17) is 4.42 Å². The van der Waals surface area contributed by atoms with Crippen molar-refractivity contribution in [3.63, 3.8) is 0 Å². The number of para-hydroxylation sites is 2. The quantitative estimate of drug-likeness (QED) is 0.408. The molecule has 0 saturated carbocycles. The van der Waals surface area contributed by atoms with Crippen molar-refractivity contribution >= 4 is 32.8 Å². The van der Waals surface area contributed by atoms with Gasteiger partial charge in [-0.1, -0.05) is 30.3 Å². The van der Waals surface area contributed by atoms with Gasteiger partial charge < -0.3 is 4.42 Å². The number of aromatic nitrogens is 2. The second kappa shape index (κ2) is 5.65. The number of nitriles is 1. The van der Waals surface area contributed by atoms with Crippen molar-refractivity contribution < 1.29 is 8.98 Å². The molecule has 128 valence electrons. The summed E-state index contributed by atoms with van der Waals surface area (Å²) >= 11 is 0. The lowest BCUT2D eigenvalue weighted by Gasteiger charge is -2.10. The second-order valence-corrected chi connectivity index (χ2v) is 6.75. The molecule has 0 unspecified atom stereocenters. The number of hydrogen-bond acceptors (Lipinski definition) is 3. The third kappa shape index (κ3) is 2.15. The van der Waals surface area contributed by atoms with Crippen LogP contribution in [0.25, 0.3) is 44.1 Å². The highest BCUT2D eigenvalue weighted by atomic mass is 16.3. The molecule has 27 heavy (non-hydrogen) atoms. The molecule has 0 bridgehead atoms. The highest BCUT2D eigenvalue weighted by Gasteiger charge is 2.24. The first-order valence-corrected chi connectivity index (χ1v) is 8.77. The normalized spacial score (nSPS) is 11.3. The van der Waals surface area contributed by atoms with Crippen LogP contribution in [0.1, 0.15) is 11.1 Å². The second-order valence-electron chi connectivity index (χ2n) is 6.75. The molecule has 0 radical (unpaired) electrons. The maximum Gasteiger partial charge on any atom is 0.287 e. The average molecular weight is 350 g/mol. The zero-order valence-electron chi connectivity index (χ0n) is 15.0. The standard InChI is InChI=1S/C23H16N3O/c1-14-11-15(12-24)21-17-8-4-6-10-19(17)27-23(21)20(14)22-16-7-3-5-9-18(16)25-13-26(22)2/h3-11,13H,1-2H3/q+1. The monoisotopic (exact) mass is 350 g/mol. The molecule has 5 rings (SSSR count). The van der Waals surface area contributed by atoms with Gasteiger partial charge in [0.1, 0.15) is 16.9 Å². The maximum absolute atomic E-state index is 9.72. The fourth-order valence-corrected chi connectivity index (χ4v) is 3.91. The Bertz CT molecular complexity index is 1410. The van der Waals surface area contributed by atoms with Gasteiger partial charge in [-0.3, -0.25) is 0 Å². The van der Waals surface area contributed by atoms with E-state index in [-0.39, 0.29) is 0 Å². The van der Waals surface area contributed by atoms with Gasteiger partial charge in [-0.15, -0.1) is 0 Å². The van der Waals surface area contributed by atoms with Crippen LogP contribution in [0.3, 0.4) is 0 Å². The Morgan fingerprint density at radius 1 is 1.04 bits per heavy atom. The van der Waals surface area contributed by atoms with Crippen molar-refractivity contribution in [2.24, 2.45) is 7.05 Å². The van der Waals surface area contributed by atoms with Crippen molar-refractivity contribution in [2.75, 3.05) is 0 Å². The average Bonchev–Trinajstić information content (AvgIpc) is 3.08. The molecule has 0 fully saturated rings. The van der Waals surface area contributed by atoms with Gasteiger partial charge in [-0.2, -0.15) is 5.26 Å². The summed E-state index contributed by atoms with van der Waals surface area (Å²) in [7, 11) is 1.99. The molecule has 2 heterocycles. The number of benzene rings is 3. The molecule has 0 aliphatic heterocycles. The minimum atomic E-state index is 0.636. The van der Waals surface area contributed by atoms with Crippen LogP contribution in [0, 0.1) is 18.3 Å². The predicted octanol–water partition coefficient (Wildman–Crippen LogP) is 4.81. The number of fused-ring (bicyclic) bond motifs is 4. The van der Waals surface area contributed by atoms with E-state index in [0.29, 0.717) is 5.56 Å². The van der Waals surface area contributed by atoms with E-state index >= 15 is 0 Å². The minimum absolute atomic E-state index is 0.636. The number of rotatable bonds is 1. The van der Waals surface area contributed by atoms with Gasteiger partial charge in [-0.25, -0.2) is 4.57 Å². The van der Waals surface area contributed by atoms with E-state index in [1.807, 2.05) is 73.4 Å². The number of hydrogen-bond donors (Lipinski definition) is 0. The molecule has 0 aliphatic carbocycles. The van der Waals surface area contributed by atoms with Crippen molar-refractivity contribution in [2.45, 2.75) is 6.92 Å². The lowest BCUT2D eigenvalue weighted by molar-refractivity contribution is -0.662. The van der Waals surface area contributed by atoms with Gasteiger partial charge in [0.05, 0.1) is 29.6 Å². The first-order chi connectivity index (χ1) is 13.2. The van der Waals surface area contributed by atoms with Crippen molar-refractivity contribution in [1.82, 2.24) is 4.98 Å². The Morgan fingerprint density at radius 3 is 2.59 bits per heavy atom. The Labute approximate surface area is 155 Å². The molecule has 5 aromatic rings. The summed E-state index contributed by atoms with van der Waals surface area (Å²) < 4.78 is 8.30. The van der Waals surface area contributed by atoms with Crippen LogP contribution in [-0.2, 0) is 7.05 Å². The molecule has 0 amide bonds. The van der Waals surface area contributed by atoms with Crippen LogP contribution in [0.5, 0.6) is 0 Å². The van der Waals surface area contributed by atoms with Crippen LogP contribution < -0.4 is 4.57 Å². The van der Waals surface area contributed by atoms with E-state index in [2.05, 4.69) is 17.1 Å². The van der Waals surface area contributed by atoms with Crippen LogP contribution >= 0.6 is 0 Å². The fourth-order valence-electron chi connectivity index (χ4n) is 3.91. The highest BCUT2D eigenvalue weighted by Crippen LogP contribution is 2.40. The van der Waals surface area contributed by atoms with Gasteiger partial charge in [0.25, 0.3) is 6.33 Å². The summed E-state index contributed by atoms with van der Waals surface area (Å²) in [5.41, 5.74) is 6.14. The SMILES string of the molecule is Cc1cc(C#N)c2c(oc3ccccc32)c1-c1c2ccccc2nc[n+]1C. The minimum Gasteiger partial charge on any atom is -0.455 e. The molecule has 2 aromatic heterocycles. The van der Waals surface area contributed by atoms with Crippen molar-refractivity contribution in [3.05, 3.63) is 72.1 Å². The summed E-state index contributed by atoms with van der Waals surface area (Å²) in [4.78, 5) is 4.53. The first-order valence-electron chi connectivity index (χ1n) is 8.77. The van der Waals surface area contributed by atoms with E-state index < -0.39 is 0 Å². The van der Waals surface area contributed by atoms with Crippen LogP contribution in [0.2, 0.25) is 0 Å². The molecule has 3 aromatic carbocycles. The zero-order valence-corrected chi connectivity index (χ0v) is 15.0. The van der Waals surface area contributed by atoms with E-state index in [9.17, 15) is 5.26 Å². The first kappa shape index (κ1) is 15.5. The lowest BCUT2D eigenvalue weighted by Crippen LogP contribution is -2.31. The molecule has 4 nitrogen and oxygen atoms in total. The lowest BCUT2D eigenvalue weighted by atomic mass is 9.95. The Morgan fingerprint density at radius 2 is 1.78 bits per heavy atom. The molecule has 4 heteroatoms. The Kier molecular flexibility index (Phi) is 3.25. The van der Waals surface area contributed by atoms with Crippen molar-refractivity contribution in [3.8, 4) is 17.3 Å². The third-order valence-electron chi connectivity index (χ3n) is 5.09. The van der Waals surface area contributed by atoms with Crippen molar-refractivity contribution in [1.29, 1.82) is 5.26 Å². The number of aryl methyl sites for hydroxylation is 2. The Balaban J connectivity index is 2.04. The predicted molar refractivity (Wildman–Crippen MR) is 105 cm³/mol. The van der Waals surface area contributed by atoms with Crippen LogP contribution in [0.4, 0.5) is 0 Å². The molecule has 0 atom stereocenters. The van der Waals surface area contributed by atoms with Gasteiger partial charge in [0.15, 0.2) is 5.52 Å². The summed E-state index contributed by atoms with van der Waals surface area (Å²) in [6, 6.07) is 20.3. The largest absolute Gasteiger partial charge is 0.455 e. The van der Waals surface area contributed by atoms with Gasteiger partial charge in [0.2, 0.25) is 0 Å². The van der Waals surface area contributed by atoms with E-state index in [0.717, 1.165) is 49.7 Å². The van der Waals surface area contributed by atoms with Gasteiger partial charge in [0, 0.05) is 10.8 Å². The number of nitrogens with zero attached hydrogens (tertiary/aromatic N) is 3. The smallest absolute Gasteiger partial charge is 0.287 e. The summed E-state index contributed by atoms with van der Waals surface area (Å²) in [6.45, 7) is 2.03. The topological polar surface area (TPSA) is 53.7 Å². The molecule has 0 saturated heterocycles. The van der Waals surface area contributed by atoms with Gasteiger partial charge >= 0.3 is 0 Å². The number of furan rings is 1. The molecule has 0 N–H and O–H groups in total. The Hall–Kier alpha value is -3.71. The van der Waals surface area contributed by atoms with E-state index in [1.54, 1.807) is 0 Å². The summed E-state index contributed by atoms with van der Waals surface area (Å²) in [6.07, 6.45) is 1.82. The molecule has 0 spiro atoms. The molecule has 0 aliphatic rings. The van der Waals surface area contributed by atoms with Crippen LogP contribution in [-0.4, -0.2) is 4.98 Å². The summed E-state index contributed by atoms with van der Waals surface area (Å²) in [5.74, 6) is 0. The fraction of sp³-hybridized carbons (Fsp3) is 0.0870.